The highest BCUT2D eigenvalue weighted by Gasteiger charge is 2.57. The zero-order valence-electron chi connectivity index (χ0n) is 20.2. The molecule has 0 radical (unpaired) electrons. The fraction of sp³-hybridized carbons (Fsp3) is 0.250. The number of nitrogens with zero attached hydrogens (tertiary/aromatic N) is 1. The van der Waals surface area contributed by atoms with E-state index in [-0.39, 0.29) is 30.7 Å². The molecule has 0 spiro atoms. The number of carbonyl (C=O) groups is 3. The molecule has 3 atom stereocenters. The lowest BCUT2D eigenvalue weighted by Gasteiger charge is -2.51. The number of amides is 2. The van der Waals surface area contributed by atoms with E-state index in [1.54, 1.807) is 5.41 Å². The van der Waals surface area contributed by atoms with Crippen molar-refractivity contribution in [2.45, 2.75) is 30.0 Å². The molecule has 10 heteroatoms. The summed E-state index contributed by atoms with van der Waals surface area (Å²) in [5.74, 6) is -0.704. The molecule has 1 unspecified atom stereocenters. The molecular weight excluding hydrogens is 544 g/mol. The highest BCUT2D eigenvalue weighted by molar-refractivity contribution is 8.02. The van der Waals surface area contributed by atoms with E-state index in [9.17, 15) is 14.4 Å². The molecule has 7 nitrogen and oxygen atoms in total. The zero-order chi connectivity index (χ0) is 26.5. The number of thioether (sulfide) groups is 1. The summed E-state index contributed by atoms with van der Waals surface area (Å²) in [4.78, 5) is 41.9. The van der Waals surface area contributed by atoms with Crippen LogP contribution in [0.3, 0.4) is 0 Å². The Morgan fingerprint density at radius 2 is 1.68 bits per heavy atom. The van der Waals surface area contributed by atoms with E-state index in [1.165, 1.54) is 28.0 Å². The fourth-order valence-corrected chi connectivity index (χ4v) is 6.39. The molecule has 1 saturated heterocycles. The van der Waals surface area contributed by atoms with Crippen molar-refractivity contribution in [2.24, 2.45) is 0 Å². The maximum atomic E-state index is 13.7. The summed E-state index contributed by atoms with van der Waals surface area (Å²) >= 11 is 8.64. The number of carbonyl (C=O) groups excluding carboxylic acids is 3. The molecule has 0 aliphatic carbocycles. The number of halogens is 1. The van der Waals surface area contributed by atoms with Gasteiger partial charge in [-0.05, 0) is 22.6 Å². The summed E-state index contributed by atoms with van der Waals surface area (Å²) in [5.41, 5.74) is 1.60. The molecule has 2 aliphatic rings. The quantitative estimate of drug-likeness (QED) is 0.220. The highest BCUT2D eigenvalue weighted by Crippen LogP contribution is 2.41. The highest BCUT2D eigenvalue weighted by atomic mass is 35.5. The molecule has 5 rings (SSSR count). The minimum Gasteiger partial charge on any atom is -0.493 e. The molecule has 1 fully saturated rings. The topological polar surface area (TPSA) is 84.9 Å². The van der Waals surface area contributed by atoms with Crippen molar-refractivity contribution in [3.8, 4) is 0 Å². The third-order valence-corrected chi connectivity index (χ3v) is 8.37. The van der Waals surface area contributed by atoms with Gasteiger partial charge in [0.05, 0.1) is 12.3 Å². The summed E-state index contributed by atoms with van der Waals surface area (Å²) in [6, 6.07) is 20.8. The summed E-state index contributed by atoms with van der Waals surface area (Å²) in [6.07, 6.45) is -0.482. The number of hydrogen-bond acceptors (Lipinski definition) is 7. The van der Waals surface area contributed by atoms with Crippen LogP contribution in [0, 0.1) is 0 Å². The van der Waals surface area contributed by atoms with E-state index in [0.29, 0.717) is 5.76 Å². The number of benzene rings is 2. The summed E-state index contributed by atoms with van der Waals surface area (Å²) in [7, 11) is 0. The Labute approximate surface area is 233 Å². The maximum Gasteiger partial charge on any atom is 0.337 e. The summed E-state index contributed by atoms with van der Waals surface area (Å²) in [5, 5.41) is 5.98. The maximum absolute atomic E-state index is 13.7. The number of hydrogen-bond donors (Lipinski definition) is 1. The van der Waals surface area contributed by atoms with E-state index in [0.717, 1.165) is 16.0 Å². The van der Waals surface area contributed by atoms with Gasteiger partial charge in [0.1, 0.15) is 23.8 Å². The van der Waals surface area contributed by atoms with Gasteiger partial charge in [-0.15, -0.1) is 34.7 Å². The first kappa shape index (κ1) is 26.3. The van der Waals surface area contributed by atoms with Crippen LogP contribution in [0.25, 0.3) is 0 Å². The lowest BCUT2D eigenvalue weighted by atomic mass is 10.00. The standard InChI is InChI=1S/C28H25ClN2O5S2/c29-13-14-35-21-17-38-27-23(30-22(32)16-20-12-7-15-37-20)26(33)31(27)24(21)28(34)36-25(18-8-3-1-4-9-18)19-10-5-2-6-11-19/h1-12,15,17,23-25,27H,13-14,16H2,(H,30,32)/t23-,24?,27-/m1/s1. The Kier molecular flexibility index (Phi) is 8.36. The van der Waals surface area contributed by atoms with Gasteiger partial charge in [0.2, 0.25) is 11.8 Å². The Balaban J connectivity index is 1.37. The Morgan fingerprint density at radius 1 is 1.00 bits per heavy atom. The van der Waals surface area contributed by atoms with Crippen molar-refractivity contribution in [3.05, 3.63) is 105 Å². The predicted octanol–water partition coefficient (Wildman–Crippen LogP) is 4.49. The van der Waals surface area contributed by atoms with Gasteiger partial charge < -0.3 is 19.7 Å². The van der Waals surface area contributed by atoms with Crippen LogP contribution in [0.15, 0.2) is 89.3 Å². The first-order valence-corrected chi connectivity index (χ1v) is 14.4. The lowest BCUT2D eigenvalue weighted by molar-refractivity contribution is -0.167. The summed E-state index contributed by atoms with van der Waals surface area (Å²) < 4.78 is 11.9. The monoisotopic (exact) mass is 568 g/mol. The second kappa shape index (κ2) is 12.1. The number of rotatable bonds is 10. The van der Waals surface area contributed by atoms with Crippen molar-refractivity contribution in [1.82, 2.24) is 10.2 Å². The van der Waals surface area contributed by atoms with Gasteiger partial charge in [0.15, 0.2) is 12.1 Å². The Hall–Kier alpha value is -3.27. The van der Waals surface area contributed by atoms with Gasteiger partial charge in [-0.2, -0.15) is 0 Å². The predicted molar refractivity (Wildman–Crippen MR) is 148 cm³/mol. The number of nitrogens with one attached hydrogen (secondary N) is 1. The van der Waals surface area contributed by atoms with Crippen LogP contribution < -0.4 is 5.32 Å². The number of thiophene rings is 1. The zero-order valence-corrected chi connectivity index (χ0v) is 22.6. The van der Waals surface area contributed by atoms with E-state index < -0.39 is 29.5 Å². The van der Waals surface area contributed by atoms with Crippen LogP contribution in [0.1, 0.15) is 22.1 Å². The number of alkyl halides is 1. The third kappa shape index (κ3) is 5.60. The average molecular weight is 569 g/mol. The molecule has 38 heavy (non-hydrogen) atoms. The second-order valence-electron chi connectivity index (χ2n) is 8.67. The number of β-lactam (4-membered cyclic amide) rings is 1. The number of ether oxygens (including phenoxy) is 2. The lowest BCUT2D eigenvalue weighted by Crippen LogP contribution is -2.74. The molecule has 2 aromatic carbocycles. The minimum absolute atomic E-state index is 0.173. The first-order valence-electron chi connectivity index (χ1n) is 12.1. The van der Waals surface area contributed by atoms with Gasteiger partial charge in [0.25, 0.3) is 0 Å². The number of esters is 1. The molecule has 1 aromatic heterocycles. The van der Waals surface area contributed by atoms with E-state index >= 15 is 0 Å². The van der Waals surface area contributed by atoms with Gasteiger partial charge in [-0.25, -0.2) is 4.79 Å². The van der Waals surface area contributed by atoms with Crippen LogP contribution in [-0.2, 0) is 30.3 Å². The molecule has 0 saturated carbocycles. The molecule has 196 valence electrons. The Morgan fingerprint density at radius 3 is 2.29 bits per heavy atom. The fourth-order valence-electron chi connectivity index (χ4n) is 4.44. The number of fused-ring (bicyclic) bond motifs is 1. The van der Waals surface area contributed by atoms with Crippen molar-refractivity contribution in [3.63, 3.8) is 0 Å². The summed E-state index contributed by atoms with van der Waals surface area (Å²) in [6.45, 7) is 0.173. The van der Waals surface area contributed by atoms with Gasteiger partial charge in [-0.1, -0.05) is 66.7 Å². The first-order chi connectivity index (χ1) is 18.6. The van der Waals surface area contributed by atoms with Crippen molar-refractivity contribution < 1.29 is 23.9 Å². The normalized spacial score (nSPS) is 20.3. The molecule has 2 amide bonds. The molecule has 0 bridgehead atoms. The molecule has 3 heterocycles. The van der Waals surface area contributed by atoms with Crippen LogP contribution in [-0.4, -0.2) is 52.6 Å². The van der Waals surface area contributed by atoms with E-state index in [2.05, 4.69) is 5.32 Å². The van der Waals surface area contributed by atoms with Crippen LogP contribution in [0.2, 0.25) is 0 Å². The second-order valence-corrected chi connectivity index (χ2v) is 11.1. The molecular formula is C28H25ClN2O5S2. The van der Waals surface area contributed by atoms with Crippen LogP contribution in [0.5, 0.6) is 0 Å². The van der Waals surface area contributed by atoms with E-state index in [1.807, 2.05) is 78.2 Å². The smallest absolute Gasteiger partial charge is 0.337 e. The SMILES string of the molecule is O=C(Cc1cccs1)N[C@@H]1C(=O)N2C(C(=O)OC(c3ccccc3)c3ccccc3)C(OCCCl)=CS[C@H]12. The molecule has 3 aromatic rings. The largest absolute Gasteiger partial charge is 0.493 e. The van der Waals surface area contributed by atoms with Gasteiger partial charge >= 0.3 is 5.97 Å². The average Bonchev–Trinajstić information content (AvgIpc) is 3.46. The molecule has 1 N–H and O–H groups in total. The molecule has 2 aliphatic heterocycles. The van der Waals surface area contributed by atoms with E-state index in [4.69, 9.17) is 21.1 Å². The van der Waals surface area contributed by atoms with Gasteiger partial charge in [0, 0.05) is 10.3 Å². The van der Waals surface area contributed by atoms with Crippen LogP contribution >= 0.6 is 34.7 Å². The Bertz CT molecular complexity index is 1260. The third-order valence-electron chi connectivity index (χ3n) is 6.19. The minimum atomic E-state index is -1.09. The van der Waals surface area contributed by atoms with Crippen molar-refractivity contribution in [1.29, 1.82) is 0 Å². The van der Waals surface area contributed by atoms with Gasteiger partial charge in [-0.3, -0.25) is 9.59 Å². The van der Waals surface area contributed by atoms with Crippen molar-refractivity contribution >= 4 is 52.5 Å². The van der Waals surface area contributed by atoms with Crippen molar-refractivity contribution in [2.75, 3.05) is 12.5 Å². The van der Waals surface area contributed by atoms with Crippen LogP contribution in [0.4, 0.5) is 0 Å².